The highest BCUT2D eigenvalue weighted by atomic mass is 32.1. The highest BCUT2D eigenvalue weighted by Gasteiger charge is 2.36. The molecule has 0 bridgehead atoms. The van der Waals surface area contributed by atoms with E-state index in [4.69, 9.17) is 0 Å². The van der Waals surface area contributed by atoms with E-state index in [2.05, 4.69) is 17.7 Å². The maximum atomic E-state index is 11.9. The summed E-state index contributed by atoms with van der Waals surface area (Å²) in [5.41, 5.74) is 2.54. The van der Waals surface area contributed by atoms with E-state index in [1.165, 1.54) is 0 Å². The number of aryl methyl sites for hydroxylation is 1. The van der Waals surface area contributed by atoms with Crippen molar-refractivity contribution in [2.24, 2.45) is 5.10 Å². The number of carboxylic acids is 1. The van der Waals surface area contributed by atoms with Crippen molar-refractivity contribution in [3.05, 3.63) is 35.4 Å². The third-order valence-electron chi connectivity index (χ3n) is 3.23. The van der Waals surface area contributed by atoms with Gasteiger partial charge in [-0.1, -0.05) is 24.3 Å². The number of hydrogen-bond donors (Lipinski definition) is 2. The van der Waals surface area contributed by atoms with E-state index in [1.807, 2.05) is 31.2 Å². The first-order valence-electron chi connectivity index (χ1n) is 6.33. The molecule has 0 saturated carbocycles. The van der Waals surface area contributed by atoms with Gasteiger partial charge in [0.1, 0.15) is 0 Å². The highest BCUT2D eigenvalue weighted by molar-refractivity contribution is 7.80. The number of amides is 1. The Bertz CT molecular complexity index is 571. The summed E-state index contributed by atoms with van der Waals surface area (Å²) >= 11 is 4.00. The maximum absolute atomic E-state index is 11.9. The van der Waals surface area contributed by atoms with Crippen LogP contribution in [0.2, 0.25) is 0 Å². The lowest BCUT2D eigenvalue weighted by atomic mass is 10.00. The predicted octanol–water partition coefficient (Wildman–Crippen LogP) is 1.70. The minimum absolute atomic E-state index is 0.178. The first kappa shape index (κ1) is 14.6. The number of carboxylic acid groups (broad SMARTS) is 1. The zero-order valence-electron chi connectivity index (χ0n) is 11.1. The first-order chi connectivity index (χ1) is 9.54. The van der Waals surface area contributed by atoms with Gasteiger partial charge >= 0.3 is 5.97 Å². The summed E-state index contributed by atoms with van der Waals surface area (Å²) in [4.78, 5) is 23.2. The Morgan fingerprint density at radius 3 is 2.75 bits per heavy atom. The smallest absolute Gasteiger partial charge is 0.329 e. The van der Waals surface area contributed by atoms with Crippen molar-refractivity contribution in [2.75, 3.05) is 5.75 Å². The van der Waals surface area contributed by atoms with Crippen LogP contribution in [0.4, 0.5) is 0 Å². The zero-order chi connectivity index (χ0) is 14.7. The SMILES string of the molecule is Cc1ccccc1C1=NN(C(=O)CCS)C(C(=O)O)C1. The summed E-state index contributed by atoms with van der Waals surface area (Å²) in [5.74, 6) is -0.975. The lowest BCUT2D eigenvalue weighted by Gasteiger charge is -2.17. The van der Waals surface area contributed by atoms with Crippen molar-refractivity contribution in [1.29, 1.82) is 0 Å². The first-order valence-corrected chi connectivity index (χ1v) is 6.97. The van der Waals surface area contributed by atoms with E-state index >= 15 is 0 Å². The van der Waals surface area contributed by atoms with Crippen LogP contribution in [0.3, 0.4) is 0 Å². The molecule has 2 rings (SSSR count). The number of carbonyl (C=O) groups excluding carboxylic acids is 1. The van der Waals surface area contributed by atoms with Crippen LogP contribution in [0.1, 0.15) is 24.0 Å². The lowest BCUT2D eigenvalue weighted by molar-refractivity contribution is -0.148. The topological polar surface area (TPSA) is 70.0 Å². The molecule has 5 nitrogen and oxygen atoms in total. The average Bonchev–Trinajstić information content (AvgIpc) is 2.84. The van der Waals surface area contributed by atoms with Gasteiger partial charge in [0.15, 0.2) is 6.04 Å². The van der Waals surface area contributed by atoms with Crippen molar-refractivity contribution in [3.8, 4) is 0 Å². The summed E-state index contributed by atoms with van der Waals surface area (Å²) < 4.78 is 0. The van der Waals surface area contributed by atoms with Gasteiger partial charge in [0.2, 0.25) is 5.91 Å². The number of rotatable bonds is 4. The van der Waals surface area contributed by atoms with E-state index in [1.54, 1.807) is 0 Å². The fraction of sp³-hybridized carbons (Fsp3) is 0.357. The molecule has 1 aromatic rings. The number of hydrazone groups is 1. The van der Waals surface area contributed by atoms with Gasteiger partial charge in [0.05, 0.1) is 5.71 Å². The van der Waals surface area contributed by atoms with Gasteiger partial charge in [0.25, 0.3) is 0 Å². The van der Waals surface area contributed by atoms with Crippen molar-refractivity contribution >= 4 is 30.2 Å². The van der Waals surface area contributed by atoms with E-state index in [0.29, 0.717) is 11.5 Å². The van der Waals surface area contributed by atoms with Crippen LogP contribution in [0.5, 0.6) is 0 Å². The van der Waals surface area contributed by atoms with Crippen LogP contribution in [0.25, 0.3) is 0 Å². The van der Waals surface area contributed by atoms with E-state index in [0.717, 1.165) is 16.1 Å². The van der Waals surface area contributed by atoms with Gasteiger partial charge in [-0.05, 0) is 18.2 Å². The molecule has 1 N–H and O–H groups in total. The van der Waals surface area contributed by atoms with Crippen LogP contribution in [0.15, 0.2) is 29.4 Å². The quantitative estimate of drug-likeness (QED) is 0.830. The molecule has 20 heavy (non-hydrogen) atoms. The standard InChI is InChI=1S/C14H16N2O3S/c1-9-4-2-3-5-10(9)11-8-12(14(18)19)16(15-11)13(17)6-7-20/h2-5,12,20H,6-8H2,1H3,(H,18,19). The Hall–Kier alpha value is -1.82. The lowest BCUT2D eigenvalue weighted by Crippen LogP contribution is -2.38. The molecule has 1 heterocycles. The molecule has 106 valence electrons. The van der Waals surface area contributed by atoms with Crippen LogP contribution in [-0.4, -0.2) is 39.5 Å². The molecule has 1 aliphatic rings. The largest absolute Gasteiger partial charge is 0.480 e. The molecule has 1 aliphatic heterocycles. The second kappa shape index (κ2) is 6.09. The molecule has 0 saturated heterocycles. The Kier molecular flexibility index (Phi) is 4.44. The maximum Gasteiger partial charge on any atom is 0.329 e. The molecule has 0 spiro atoms. The number of nitrogens with zero attached hydrogens (tertiary/aromatic N) is 2. The second-order valence-corrected chi connectivity index (χ2v) is 5.08. The van der Waals surface area contributed by atoms with Crippen molar-refractivity contribution in [3.63, 3.8) is 0 Å². The molecule has 0 aromatic heterocycles. The van der Waals surface area contributed by atoms with Crippen molar-refractivity contribution < 1.29 is 14.7 Å². The molecule has 0 radical (unpaired) electrons. The van der Waals surface area contributed by atoms with Gasteiger partial charge in [-0.2, -0.15) is 17.7 Å². The van der Waals surface area contributed by atoms with Gasteiger partial charge in [-0.3, -0.25) is 4.79 Å². The molecule has 0 fully saturated rings. The Morgan fingerprint density at radius 1 is 1.45 bits per heavy atom. The molecular formula is C14H16N2O3S. The fourth-order valence-corrected chi connectivity index (χ4v) is 2.39. The van der Waals surface area contributed by atoms with Crippen LogP contribution in [0, 0.1) is 6.92 Å². The third-order valence-corrected chi connectivity index (χ3v) is 3.46. The fourth-order valence-electron chi connectivity index (χ4n) is 2.20. The molecule has 0 aliphatic carbocycles. The Labute approximate surface area is 122 Å². The summed E-state index contributed by atoms with van der Waals surface area (Å²) in [7, 11) is 0. The van der Waals surface area contributed by atoms with Crippen LogP contribution < -0.4 is 0 Å². The molecular weight excluding hydrogens is 276 g/mol. The van der Waals surface area contributed by atoms with Gasteiger partial charge in [0, 0.05) is 18.4 Å². The van der Waals surface area contributed by atoms with Gasteiger partial charge in [-0.15, -0.1) is 0 Å². The Morgan fingerprint density at radius 2 is 2.15 bits per heavy atom. The summed E-state index contributed by atoms with van der Waals surface area (Å²) in [5, 5.41) is 14.6. The molecule has 1 atom stereocenters. The van der Waals surface area contributed by atoms with Crippen molar-refractivity contribution in [1.82, 2.24) is 5.01 Å². The zero-order valence-corrected chi connectivity index (χ0v) is 12.0. The third kappa shape index (κ3) is 2.85. The summed E-state index contributed by atoms with van der Waals surface area (Å²) in [6.07, 6.45) is 0.413. The van der Waals surface area contributed by atoms with Crippen LogP contribution >= 0.6 is 12.6 Å². The minimum atomic E-state index is -1.04. The van der Waals surface area contributed by atoms with E-state index < -0.39 is 12.0 Å². The number of hydrogen-bond acceptors (Lipinski definition) is 4. The van der Waals surface area contributed by atoms with Crippen LogP contribution in [-0.2, 0) is 9.59 Å². The normalized spacial score (nSPS) is 18.0. The van der Waals surface area contributed by atoms with E-state index in [9.17, 15) is 14.7 Å². The summed E-state index contributed by atoms with van der Waals surface area (Å²) in [6.45, 7) is 1.94. The highest BCUT2D eigenvalue weighted by Crippen LogP contribution is 2.23. The second-order valence-electron chi connectivity index (χ2n) is 4.63. The molecule has 1 amide bonds. The van der Waals surface area contributed by atoms with E-state index in [-0.39, 0.29) is 18.7 Å². The van der Waals surface area contributed by atoms with Crippen molar-refractivity contribution in [2.45, 2.75) is 25.8 Å². The predicted molar refractivity (Wildman–Crippen MR) is 79.1 cm³/mol. The average molecular weight is 292 g/mol. The monoisotopic (exact) mass is 292 g/mol. The minimum Gasteiger partial charge on any atom is -0.480 e. The van der Waals surface area contributed by atoms with Gasteiger partial charge in [-0.25, -0.2) is 9.80 Å². The number of aliphatic carboxylic acids is 1. The summed E-state index contributed by atoms with van der Waals surface area (Å²) in [6, 6.07) is 6.69. The number of benzene rings is 1. The molecule has 1 aromatic carbocycles. The van der Waals surface area contributed by atoms with Gasteiger partial charge < -0.3 is 5.11 Å². The number of carbonyl (C=O) groups is 2. The Balaban J connectivity index is 2.32. The molecule has 6 heteroatoms. The molecule has 1 unspecified atom stereocenters. The number of thiol groups is 1.